The van der Waals surface area contributed by atoms with Crippen LogP contribution in [0.2, 0.25) is 0 Å². The van der Waals surface area contributed by atoms with Crippen LogP contribution in [0.5, 0.6) is 0 Å². The number of hydrogen-bond acceptors (Lipinski definition) is 7. The van der Waals surface area contributed by atoms with Crippen LogP contribution in [0.1, 0.15) is 46.8 Å². The number of aromatic nitrogens is 3. The van der Waals surface area contributed by atoms with Gasteiger partial charge in [-0.05, 0) is 48.4 Å². The van der Waals surface area contributed by atoms with Crippen molar-refractivity contribution in [2.24, 2.45) is 5.92 Å². The lowest BCUT2D eigenvalue weighted by Crippen LogP contribution is -2.45. The molecule has 0 fully saturated rings. The average Bonchev–Trinajstić information content (AvgIpc) is 3.28. The van der Waals surface area contributed by atoms with Gasteiger partial charge in [-0.15, -0.1) is 4.57 Å². The number of carbonyl (C=O) groups excluding carboxylic acids is 2. The van der Waals surface area contributed by atoms with E-state index in [1.807, 2.05) is 86.7 Å². The Kier molecular flexibility index (Phi) is 10.2. The number of aromatic amines is 1. The molecule has 2 N–H and O–H groups in total. The van der Waals surface area contributed by atoms with Crippen LogP contribution < -0.4 is 9.88 Å². The average molecular weight is 567 g/mol. The molecule has 0 atom stereocenters. The zero-order valence-electron chi connectivity index (χ0n) is 22.0. The molecule has 4 aromatic rings. The van der Waals surface area contributed by atoms with E-state index in [0.29, 0.717) is 24.2 Å². The second-order valence-corrected chi connectivity index (χ2v) is 11.5. The maximum atomic E-state index is 12.6. The highest BCUT2D eigenvalue weighted by Crippen LogP contribution is 2.32. The van der Waals surface area contributed by atoms with Gasteiger partial charge in [-0.3, -0.25) is 9.89 Å². The van der Waals surface area contributed by atoms with E-state index in [1.54, 1.807) is 17.8 Å². The highest BCUT2D eigenvalue weighted by atomic mass is 32.2. The number of hydrogen-bond donors (Lipinski definition) is 2. The lowest BCUT2D eigenvalue weighted by molar-refractivity contribution is -0.576. The van der Waals surface area contributed by atoms with Gasteiger partial charge in [0.2, 0.25) is 5.69 Å². The molecule has 4 rings (SSSR count). The van der Waals surface area contributed by atoms with Gasteiger partial charge in [-0.1, -0.05) is 37.7 Å². The van der Waals surface area contributed by atoms with Crippen molar-refractivity contribution in [3.63, 3.8) is 0 Å². The number of amides is 1. The Hall–Kier alpha value is -3.80. The molecule has 2 aromatic carbocycles. The van der Waals surface area contributed by atoms with Gasteiger partial charge in [0.1, 0.15) is 0 Å². The van der Waals surface area contributed by atoms with E-state index >= 15 is 0 Å². The molecule has 0 saturated carbocycles. The maximum absolute atomic E-state index is 12.6. The Balaban J connectivity index is 0.000000771. The molecule has 1 amide bonds. The van der Waals surface area contributed by atoms with Crippen LogP contribution in [-0.4, -0.2) is 48.3 Å². The molecule has 2 heterocycles. The standard InChI is InChI=1S/C27H26N4O2S.CH4O3S/c1-18(2)16-26(32)31-15-7-6-8-19(31)11-14-23-21-13-12-20(17-24(21)30-29-23)34-25-10-5-4-9-22(25)27(33)28-3;1-5(2,3)4/h4-15,17-18H,16H2,1-3H3,(H,28,33);1H3,(H,2,3,4). The molecule has 0 aliphatic carbocycles. The molecule has 0 aliphatic rings. The SMILES string of the molecule is CNC(=O)c1ccccc1Sc1ccc2c(/C=C/c3cccc[n+]3C(=O)CC(C)C)n[nH]c2c1.CS(=O)(=O)[O-]. The Labute approximate surface area is 232 Å². The fourth-order valence-corrected chi connectivity index (χ4v) is 4.63. The first kappa shape index (κ1) is 29.8. The maximum Gasteiger partial charge on any atom is 0.392 e. The number of nitrogens with zero attached hydrogens (tertiary/aromatic N) is 2. The summed E-state index contributed by atoms with van der Waals surface area (Å²) in [6, 6.07) is 19.3. The van der Waals surface area contributed by atoms with Crippen molar-refractivity contribution in [1.82, 2.24) is 15.5 Å². The highest BCUT2D eigenvalue weighted by molar-refractivity contribution is 7.99. The molecule has 39 heavy (non-hydrogen) atoms. The van der Waals surface area contributed by atoms with Gasteiger partial charge < -0.3 is 9.87 Å². The number of pyridine rings is 1. The predicted molar refractivity (Wildman–Crippen MR) is 151 cm³/mol. The van der Waals surface area contributed by atoms with Crippen molar-refractivity contribution in [3.05, 3.63) is 83.8 Å². The van der Waals surface area contributed by atoms with Crippen LogP contribution in [0, 0.1) is 5.92 Å². The molecule has 204 valence electrons. The Morgan fingerprint density at radius 3 is 2.49 bits per heavy atom. The number of H-pyrrole nitrogens is 1. The lowest BCUT2D eigenvalue weighted by atomic mass is 10.1. The summed E-state index contributed by atoms with van der Waals surface area (Å²) >= 11 is 1.53. The van der Waals surface area contributed by atoms with Gasteiger partial charge in [-0.25, -0.2) is 13.2 Å². The zero-order valence-corrected chi connectivity index (χ0v) is 23.7. The number of carbonyl (C=O) groups is 2. The first-order valence-corrected chi connectivity index (χ1v) is 14.7. The number of rotatable bonds is 7. The van der Waals surface area contributed by atoms with E-state index in [-0.39, 0.29) is 11.8 Å². The van der Waals surface area contributed by atoms with Crippen LogP contribution in [0.25, 0.3) is 23.1 Å². The Morgan fingerprint density at radius 2 is 1.79 bits per heavy atom. The largest absolute Gasteiger partial charge is 0.748 e. The summed E-state index contributed by atoms with van der Waals surface area (Å²) in [5, 5.41) is 11.2. The summed E-state index contributed by atoms with van der Waals surface area (Å²) in [6.07, 6.45) is 6.72. The molecular formula is C28H30N4O5S2. The van der Waals surface area contributed by atoms with Crippen molar-refractivity contribution in [2.75, 3.05) is 13.3 Å². The minimum Gasteiger partial charge on any atom is -0.748 e. The number of fused-ring (bicyclic) bond motifs is 1. The molecule has 0 spiro atoms. The van der Waals surface area contributed by atoms with E-state index in [4.69, 9.17) is 13.0 Å². The first-order valence-electron chi connectivity index (χ1n) is 12.1. The predicted octanol–water partition coefficient (Wildman–Crippen LogP) is 4.38. The number of benzene rings is 2. The second-order valence-electron chi connectivity index (χ2n) is 9.02. The molecule has 0 saturated heterocycles. The van der Waals surface area contributed by atoms with Crippen molar-refractivity contribution >= 4 is 56.7 Å². The van der Waals surface area contributed by atoms with Gasteiger partial charge in [0.15, 0.2) is 6.20 Å². The minimum atomic E-state index is -3.92. The van der Waals surface area contributed by atoms with Crippen LogP contribution in [0.15, 0.2) is 76.7 Å². The second kappa shape index (κ2) is 13.3. The molecule has 2 aromatic heterocycles. The van der Waals surface area contributed by atoms with Crippen LogP contribution >= 0.6 is 11.8 Å². The van der Waals surface area contributed by atoms with Crippen LogP contribution in [0.3, 0.4) is 0 Å². The number of nitrogens with one attached hydrogen (secondary N) is 2. The summed E-state index contributed by atoms with van der Waals surface area (Å²) < 4.78 is 28.9. The molecule has 0 unspecified atom stereocenters. The Morgan fingerprint density at radius 1 is 1.10 bits per heavy atom. The zero-order chi connectivity index (χ0) is 28.6. The van der Waals surface area contributed by atoms with Gasteiger partial charge in [0.25, 0.3) is 5.91 Å². The van der Waals surface area contributed by atoms with Gasteiger partial charge >= 0.3 is 5.91 Å². The van der Waals surface area contributed by atoms with Crippen molar-refractivity contribution in [1.29, 1.82) is 0 Å². The topological polar surface area (TPSA) is 136 Å². The van der Waals surface area contributed by atoms with Gasteiger partial charge in [0, 0.05) is 46.7 Å². The van der Waals surface area contributed by atoms with Crippen molar-refractivity contribution in [2.45, 2.75) is 30.1 Å². The summed E-state index contributed by atoms with van der Waals surface area (Å²) in [6.45, 7) is 4.08. The van der Waals surface area contributed by atoms with Gasteiger partial charge in [-0.2, -0.15) is 5.10 Å². The fraction of sp³-hybridized carbons (Fsp3) is 0.214. The third-order valence-corrected chi connectivity index (χ3v) is 6.37. The smallest absolute Gasteiger partial charge is 0.392 e. The monoisotopic (exact) mass is 566 g/mol. The van der Waals surface area contributed by atoms with Crippen molar-refractivity contribution in [3.8, 4) is 0 Å². The highest BCUT2D eigenvalue weighted by Gasteiger charge is 2.19. The lowest BCUT2D eigenvalue weighted by Gasteiger charge is -2.08. The summed E-state index contributed by atoms with van der Waals surface area (Å²) in [5.41, 5.74) is 3.15. The summed E-state index contributed by atoms with van der Waals surface area (Å²) in [5.74, 6) is 0.256. The normalized spacial score (nSPS) is 11.4. The quantitative estimate of drug-likeness (QED) is 0.250. The molecule has 0 radical (unpaired) electrons. The molecule has 0 bridgehead atoms. The van der Waals surface area contributed by atoms with E-state index in [2.05, 4.69) is 15.5 Å². The minimum absolute atomic E-state index is 0.0702. The van der Waals surface area contributed by atoms with Crippen LogP contribution in [0.4, 0.5) is 0 Å². The van der Waals surface area contributed by atoms with Crippen LogP contribution in [-0.2, 0) is 10.1 Å². The molecule has 11 heteroatoms. The summed E-state index contributed by atoms with van der Waals surface area (Å²) in [4.78, 5) is 26.7. The third-order valence-electron chi connectivity index (χ3n) is 5.31. The third kappa shape index (κ3) is 8.88. The van der Waals surface area contributed by atoms with E-state index < -0.39 is 10.1 Å². The molecule has 0 aliphatic heterocycles. The Bertz CT molecular complexity index is 1600. The van der Waals surface area contributed by atoms with Gasteiger partial charge in [0.05, 0.1) is 33.3 Å². The van der Waals surface area contributed by atoms with Crippen molar-refractivity contribution < 1.29 is 27.1 Å². The summed E-state index contributed by atoms with van der Waals surface area (Å²) in [7, 11) is -2.29. The molecular weight excluding hydrogens is 536 g/mol. The first-order chi connectivity index (χ1) is 18.5. The van der Waals surface area contributed by atoms with E-state index in [9.17, 15) is 9.59 Å². The molecule has 9 nitrogen and oxygen atoms in total. The van der Waals surface area contributed by atoms with E-state index in [1.165, 1.54) is 11.8 Å². The fourth-order valence-electron chi connectivity index (χ4n) is 3.65. The van der Waals surface area contributed by atoms with E-state index in [0.717, 1.165) is 32.1 Å².